The van der Waals surface area contributed by atoms with Gasteiger partial charge >= 0.3 is 0 Å². The van der Waals surface area contributed by atoms with E-state index in [1.165, 1.54) is 0 Å². The number of amides is 1. The maximum Gasteiger partial charge on any atom is 0.223 e. The number of carbonyl (C=O) groups excluding carboxylic acids is 2. The maximum absolute atomic E-state index is 12.4. The zero-order valence-electron chi connectivity index (χ0n) is 14.1. The highest BCUT2D eigenvalue weighted by molar-refractivity contribution is 5.99. The van der Waals surface area contributed by atoms with Crippen molar-refractivity contribution < 1.29 is 14.0 Å². The molecular formula is C19H23NO3. The van der Waals surface area contributed by atoms with Gasteiger partial charge in [0.05, 0.1) is 12.3 Å². The van der Waals surface area contributed by atoms with Crippen LogP contribution in [0.4, 0.5) is 0 Å². The lowest BCUT2D eigenvalue weighted by molar-refractivity contribution is -0.132. The zero-order valence-corrected chi connectivity index (χ0v) is 14.1. The molecule has 23 heavy (non-hydrogen) atoms. The van der Waals surface area contributed by atoms with Crippen LogP contribution in [0.15, 0.2) is 41.0 Å². The summed E-state index contributed by atoms with van der Waals surface area (Å²) in [5.41, 5.74) is 2.71. The molecule has 0 aliphatic rings. The van der Waals surface area contributed by atoms with E-state index in [2.05, 4.69) is 0 Å². The minimum atomic E-state index is -0.145. The van der Waals surface area contributed by atoms with Gasteiger partial charge in [-0.05, 0) is 44.5 Å². The average molecular weight is 313 g/mol. The smallest absolute Gasteiger partial charge is 0.223 e. The second-order valence-corrected chi connectivity index (χ2v) is 5.94. The molecule has 0 saturated carbocycles. The van der Waals surface area contributed by atoms with E-state index in [0.717, 1.165) is 16.9 Å². The largest absolute Gasteiger partial charge is 0.467 e. The fourth-order valence-electron chi connectivity index (χ4n) is 2.50. The first-order chi connectivity index (χ1) is 10.9. The third kappa shape index (κ3) is 4.09. The van der Waals surface area contributed by atoms with Crippen molar-refractivity contribution in [2.45, 2.75) is 39.7 Å². The number of hydrogen-bond donors (Lipinski definition) is 0. The van der Waals surface area contributed by atoms with Gasteiger partial charge in [-0.15, -0.1) is 0 Å². The van der Waals surface area contributed by atoms with Crippen molar-refractivity contribution in [3.05, 3.63) is 59.0 Å². The van der Waals surface area contributed by atoms with Gasteiger partial charge < -0.3 is 9.32 Å². The van der Waals surface area contributed by atoms with Gasteiger partial charge in [-0.1, -0.05) is 17.7 Å². The van der Waals surface area contributed by atoms with Crippen LogP contribution in [-0.2, 0) is 4.79 Å². The molecule has 1 heterocycles. The summed E-state index contributed by atoms with van der Waals surface area (Å²) in [6.45, 7) is 5.78. The molecule has 0 spiro atoms. The number of rotatable bonds is 6. The molecule has 1 unspecified atom stereocenters. The summed E-state index contributed by atoms with van der Waals surface area (Å²) in [5, 5.41) is 0. The summed E-state index contributed by atoms with van der Waals surface area (Å²) in [4.78, 5) is 26.3. The molecule has 0 fully saturated rings. The third-order valence-electron chi connectivity index (χ3n) is 4.19. The van der Waals surface area contributed by atoms with Crippen LogP contribution in [0, 0.1) is 13.8 Å². The van der Waals surface area contributed by atoms with E-state index in [0.29, 0.717) is 5.56 Å². The van der Waals surface area contributed by atoms with Gasteiger partial charge in [0.2, 0.25) is 5.91 Å². The Morgan fingerprint density at radius 2 is 1.91 bits per heavy atom. The number of ketones is 1. The second kappa shape index (κ2) is 7.27. The Hall–Kier alpha value is -2.36. The molecule has 2 aromatic rings. The fraction of sp³-hybridized carbons (Fsp3) is 0.368. The minimum absolute atomic E-state index is 0.0126. The van der Waals surface area contributed by atoms with Crippen LogP contribution in [0.25, 0.3) is 0 Å². The average Bonchev–Trinajstić information content (AvgIpc) is 3.07. The summed E-state index contributed by atoms with van der Waals surface area (Å²) in [6, 6.07) is 9.31. The highest BCUT2D eigenvalue weighted by atomic mass is 16.3. The molecule has 0 radical (unpaired) electrons. The van der Waals surface area contributed by atoms with E-state index in [1.807, 2.05) is 45.0 Å². The molecule has 0 saturated heterocycles. The summed E-state index contributed by atoms with van der Waals surface area (Å²) in [6.07, 6.45) is 2.01. The number of Topliss-reactive ketones (excluding diaryl/α,β-unsaturated/α-hetero) is 1. The van der Waals surface area contributed by atoms with Crippen LogP contribution in [0.2, 0.25) is 0 Å². The molecule has 1 aromatic heterocycles. The van der Waals surface area contributed by atoms with Gasteiger partial charge in [0.15, 0.2) is 5.78 Å². The summed E-state index contributed by atoms with van der Waals surface area (Å²) in [5.74, 6) is 0.688. The molecule has 1 amide bonds. The van der Waals surface area contributed by atoms with Crippen LogP contribution in [-0.4, -0.2) is 23.6 Å². The van der Waals surface area contributed by atoms with Crippen molar-refractivity contribution in [2.75, 3.05) is 7.05 Å². The molecule has 2 rings (SSSR count). The van der Waals surface area contributed by atoms with Gasteiger partial charge in [-0.2, -0.15) is 0 Å². The Kier molecular flexibility index (Phi) is 5.37. The lowest BCUT2D eigenvalue weighted by Gasteiger charge is -2.23. The predicted octanol–water partition coefficient (Wildman–Crippen LogP) is 4.08. The Morgan fingerprint density at radius 3 is 2.57 bits per heavy atom. The summed E-state index contributed by atoms with van der Waals surface area (Å²) >= 11 is 0. The SMILES string of the molecule is Cc1ccc(C)c(C(=O)CCC(=O)N(C)C(C)c2ccco2)c1. The van der Waals surface area contributed by atoms with Gasteiger partial charge in [0.1, 0.15) is 5.76 Å². The van der Waals surface area contributed by atoms with Gasteiger partial charge in [-0.25, -0.2) is 0 Å². The highest BCUT2D eigenvalue weighted by Crippen LogP contribution is 2.20. The monoisotopic (exact) mass is 313 g/mol. The predicted molar refractivity (Wildman–Crippen MR) is 89.4 cm³/mol. The van der Waals surface area contributed by atoms with E-state index in [9.17, 15) is 9.59 Å². The summed E-state index contributed by atoms with van der Waals surface area (Å²) < 4.78 is 5.33. The molecule has 122 valence electrons. The first-order valence-corrected chi connectivity index (χ1v) is 7.79. The number of aryl methyl sites for hydroxylation is 2. The molecule has 0 N–H and O–H groups in total. The van der Waals surface area contributed by atoms with Crippen LogP contribution >= 0.6 is 0 Å². The van der Waals surface area contributed by atoms with E-state index in [4.69, 9.17) is 4.42 Å². The Morgan fingerprint density at radius 1 is 1.17 bits per heavy atom. The van der Waals surface area contributed by atoms with Crippen LogP contribution in [0.5, 0.6) is 0 Å². The van der Waals surface area contributed by atoms with Gasteiger partial charge in [-0.3, -0.25) is 9.59 Å². The van der Waals surface area contributed by atoms with Crippen molar-refractivity contribution in [3.8, 4) is 0 Å². The van der Waals surface area contributed by atoms with Gasteiger partial charge in [0, 0.05) is 25.5 Å². The third-order valence-corrected chi connectivity index (χ3v) is 4.19. The fourth-order valence-corrected chi connectivity index (χ4v) is 2.50. The molecule has 0 aliphatic carbocycles. The molecule has 0 bridgehead atoms. The standard InChI is InChI=1S/C19H23NO3/c1-13-7-8-14(2)16(12-13)17(21)9-10-19(22)20(4)15(3)18-6-5-11-23-18/h5-8,11-12,15H,9-10H2,1-4H3. The zero-order chi connectivity index (χ0) is 17.0. The lowest BCUT2D eigenvalue weighted by Crippen LogP contribution is -2.29. The Balaban J connectivity index is 1.96. The lowest BCUT2D eigenvalue weighted by atomic mass is 9.99. The number of carbonyl (C=O) groups is 2. The molecule has 4 heteroatoms. The quantitative estimate of drug-likeness (QED) is 0.755. The van der Waals surface area contributed by atoms with Gasteiger partial charge in [0.25, 0.3) is 0 Å². The van der Waals surface area contributed by atoms with E-state index in [-0.39, 0.29) is 30.6 Å². The second-order valence-electron chi connectivity index (χ2n) is 5.94. The van der Waals surface area contributed by atoms with E-state index < -0.39 is 0 Å². The highest BCUT2D eigenvalue weighted by Gasteiger charge is 2.20. The Bertz CT molecular complexity index is 689. The minimum Gasteiger partial charge on any atom is -0.467 e. The molecule has 0 aliphatic heterocycles. The number of benzene rings is 1. The normalized spacial score (nSPS) is 12.0. The molecule has 1 atom stereocenters. The van der Waals surface area contributed by atoms with Crippen LogP contribution in [0.1, 0.15) is 53.1 Å². The first-order valence-electron chi connectivity index (χ1n) is 7.79. The molecule has 1 aromatic carbocycles. The number of hydrogen-bond acceptors (Lipinski definition) is 3. The van der Waals surface area contributed by atoms with Crippen LogP contribution in [0.3, 0.4) is 0 Å². The van der Waals surface area contributed by atoms with Crippen LogP contribution < -0.4 is 0 Å². The maximum atomic E-state index is 12.4. The molecular weight excluding hydrogens is 290 g/mol. The van der Waals surface area contributed by atoms with Crippen molar-refractivity contribution in [1.82, 2.24) is 4.90 Å². The topological polar surface area (TPSA) is 50.5 Å². The van der Waals surface area contributed by atoms with Crippen molar-refractivity contribution in [2.24, 2.45) is 0 Å². The summed E-state index contributed by atoms with van der Waals surface area (Å²) in [7, 11) is 1.73. The van der Waals surface area contributed by atoms with E-state index in [1.54, 1.807) is 24.3 Å². The number of furan rings is 1. The van der Waals surface area contributed by atoms with Crippen molar-refractivity contribution in [1.29, 1.82) is 0 Å². The van der Waals surface area contributed by atoms with E-state index >= 15 is 0 Å². The Labute approximate surface area is 137 Å². The molecule has 4 nitrogen and oxygen atoms in total. The van der Waals surface area contributed by atoms with Crippen molar-refractivity contribution in [3.63, 3.8) is 0 Å². The van der Waals surface area contributed by atoms with Crippen molar-refractivity contribution >= 4 is 11.7 Å². The number of nitrogens with zero attached hydrogens (tertiary/aromatic N) is 1. The first kappa shape index (κ1) is 17.0.